The lowest BCUT2D eigenvalue weighted by atomic mass is 10.1. The lowest BCUT2D eigenvalue weighted by Crippen LogP contribution is -2.01. The molecule has 0 bridgehead atoms. The third kappa shape index (κ3) is 2.81. The van der Waals surface area contributed by atoms with Gasteiger partial charge < -0.3 is 5.73 Å². The second kappa shape index (κ2) is 5.43. The number of hydrogen-bond acceptors (Lipinski definition) is 4. The van der Waals surface area contributed by atoms with Crippen molar-refractivity contribution in [3.05, 3.63) is 46.7 Å². The molecule has 16 heavy (non-hydrogen) atoms. The molecule has 0 saturated heterocycles. The summed E-state index contributed by atoms with van der Waals surface area (Å²) in [5.41, 5.74) is 7.52. The smallest absolute Gasteiger partial charge is 0.150 e. The maximum absolute atomic E-state index is 13.0. The summed E-state index contributed by atoms with van der Waals surface area (Å²) in [6, 6.07) is 4.76. The van der Waals surface area contributed by atoms with Crippen LogP contribution in [0.2, 0.25) is 0 Å². The molecule has 2 N–H and O–H groups in total. The van der Waals surface area contributed by atoms with E-state index in [9.17, 15) is 4.39 Å². The van der Waals surface area contributed by atoms with Gasteiger partial charge in [-0.2, -0.15) is 0 Å². The van der Waals surface area contributed by atoms with Crippen LogP contribution in [0.1, 0.15) is 11.1 Å². The first-order valence-corrected chi connectivity index (χ1v) is 6.66. The maximum Gasteiger partial charge on any atom is 0.150 e. The van der Waals surface area contributed by atoms with Crippen LogP contribution in [0.4, 0.5) is 4.39 Å². The average Bonchev–Trinajstić information content (AvgIpc) is 2.80. The zero-order chi connectivity index (χ0) is 11.4. The largest absolute Gasteiger partial charge is 0.326 e. The van der Waals surface area contributed by atoms with Crippen molar-refractivity contribution in [3.8, 4) is 0 Å². The number of aromatic nitrogens is 1. The highest BCUT2D eigenvalue weighted by molar-refractivity contribution is 8.00. The number of thiazole rings is 1. The first-order valence-electron chi connectivity index (χ1n) is 4.79. The van der Waals surface area contributed by atoms with Crippen molar-refractivity contribution in [1.82, 2.24) is 4.98 Å². The number of rotatable bonds is 4. The second-order valence-corrected chi connectivity index (χ2v) is 5.32. The van der Waals surface area contributed by atoms with Gasteiger partial charge in [0.05, 0.1) is 0 Å². The molecule has 1 aromatic heterocycles. The standard InChI is InChI=1S/C11H11FN2S2/c12-10-2-1-8(9(5-10)6-13)7-16-11-14-3-4-15-11/h1-5H,6-7,13H2. The summed E-state index contributed by atoms with van der Waals surface area (Å²) in [6.45, 7) is 0.367. The van der Waals surface area contributed by atoms with Crippen molar-refractivity contribution >= 4 is 23.1 Å². The SMILES string of the molecule is NCc1cc(F)ccc1CSc1nccs1. The molecule has 2 rings (SSSR count). The van der Waals surface area contributed by atoms with Gasteiger partial charge in [0.2, 0.25) is 0 Å². The van der Waals surface area contributed by atoms with Crippen molar-refractivity contribution in [1.29, 1.82) is 0 Å². The molecule has 2 nitrogen and oxygen atoms in total. The number of nitrogens with zero attached hydrogens (tertiary/aromatic N) is 1. The Morgan fingerprint density at radius 3 is 2.94 bits per heavy atom. The topological polar surface area (TPSA) is 38.9 Å². The van der Waals surface area contributed by atoms with Crippen molar-refractivity contribution in [2.45, 2.75) is 16.6 Å². The number of thioether (sulfide) groups is 1. The number of nitrogens with two attached hydrogens (primary N) is 1. The van der Waals surface area contributed by atoms with Gasteiger partial charge in [0.25, 0.3) is 0 Å². The monoisotopic (exact) mass is 254 g/mol. The van der Waals surface area contributed by atoms with Crippen LogP contribution in [0.5, 0.6) is 0 Å². The van der Waals surface area contributed by atoms with Gasteiger partial charge in [0.1, 0.15) is 10.2 Å². The molecule has 1 heterocycles. The minimum absolute atomic E-state index is 0.233. The Bertz CT molecular complexity index is 457. The molecule has 0 aliphatic rings. The first kappa shape index (κ1) is 11.6. The van der Waals surface area contributed by atoms with E-state index in [0.717, 1.165) is 21.2 Å². The van der Waals surface area contributed by atoms with Crippen molar-refractivity contribution in [2.75, 3.05) is 0 Å². The Labute approximate surface area is 102 Å². The molecule has 84 valence electrons. The van der Waals surface area contributed by atoms with E-state index in [1.807, 2.05) is 5.38 Å². The Morgan fingerprint density at radius 2 is 2.25 bits per heavy atom. The van der Waals surface area contributed by atoms with E-state index in [4.69, 9.17) is 5.73 Å². The predicted molar refractivity (Wildman–Crippen MR) is 66.0 cm³/mol. The maximum atomic E-state index is 13.0. The van der Waals surface area contributed by atoms with Gasteiger partial charge in [-0.15, -0.1) is 11.3 Å². The summed E-state index contributed by atoms with van der Waals surface area (Å²) in [5.74, 6) is 0.545. The van der Waals surface area contributed by atoms with Crippen LogP contribution in [0, 0.1) is 5.82 Å². The summed E-state index contributed by atoms with van der Waals surface area (Å²) in [7, 11) is 0. The normalized spacial score (nSPS) is 10.6. The van der Waals surface area contributed by atoms with E-state index in [2.05, 4.69) is 4.98 Å². The predicted octanol–water partition coefficient (Wildman–Crippen LogP) is 3.03. The molecule has 0 fully saturated rings. The Kier molecular flexibility index (Phi) is 3.93. The van der Waals surface area contributed by atoms with Crippen molar-refractivity contribution in [3.63, 3.8) is 0 Å². The molecule has 0 aliphatic carbocycles. The van der Waals surface area contributed by atoms with E-state index in [0.29, 0.717) is 6.54 Å². The summed E-state index contributed by atoms with van der Waals surface area (Å²) >= 11 is 3.25. The molecule has 0 saturated carbocycles. The lowest BCUT2D eigenvalue weighted by Gasteiger charge is -2.06. The molecule has 0 amide bonds. The fourth-order valence-corrected chi connectivity index (χ4v) is 3.02. The summed E-state index contributed by atoms with van der Waals surface area (Å²) in [4.78, 5) is 4.18. The van der Waals surface area contributed by atoms with Crippen LogP contribution in [-0.4, -0.2) is 4.98 Å². The molecule has 0 spiro atoms. The van der Waals surface area contributed by atoms with Crippen LogP contribution >= 0.6 is 23.1 Å². The second-order valence-electron chi connectivity index (χ2n) is 3.20. The van der Waals surface area contributed by atoms with Gasteiger partial charge in [-0.3, -0.25) is 0 Å². The number of halogens is 1. The zero-order valence-electron chi connectivity index (χ0n) is 8.52. The van der Waals surface area contributed by atoms with Gasteiger partial charge in [-0.05, 0) is 23.3 Å². The van der Waals surface area contributed by atoms with Crippen LogP contribution in [-0.2, 0) is 12.3 Å². The van der Waals surface area contributed by atoms with E-state index < -0.39 is 0 Å². The Morgan fingerprint density at radius 1 is 1.38 bits per heavy atom. The van der Waals surface area contributed by atoms with Gasteiger partial charge in [-0.25, -0.2) is 9.37 Å². The van der Waals surface area contributed by atoms with Crippen LogP contribution in [0.25, 0.3) is 0 Å². The molecule has 0 unspecified atom stereocenters. The molecular formula is C11H11FN2S2. The first-order chi connectivity index (χ1) is 7.79. The van der Waals surface area contributed by atoms with Crippen LogP contribution in [0.15, 0.2) is 34.1 Å². The van der Waals surface area contributed by atoms with E-state index in [1.165, 1.54) is 12.1 Å². The van der Waals surface area contributed by atoms with Crippen molar-refractivity contribution < 1.29 is 4.39 Å². The van der Waals surface area contributed by atoms with E-state index >= 15 is 0 Å². The fourth-order valence-electron chi connectivity index (χ4n) is 1.35. The lowest BCUT2D eigenvalue weighted by molar-refractivity contribution is 0.624. The minimum Gasteiger partial charge on any atom is -0.326 e. The highest BCUT2D eigenvalue weighted by Crippen LogP contribution is 2.26. The highest BCUT2D eigenvalue weighted by Gasteiger charge is 2.04. The summed E-state index contributed by atoms with van der Waals surface area (Å²) < 4.78 is 14.0. The van der Waals surface area contributed by atoms with Gasteiger partial charge in [0, 0.05) is 23.9 Å². The fraction of sp³-hybridized carbons (Fsp3) is 0.182. The third-order valence-electron chi connectivity index (χ3n) is 2.15. The number of hydrogen-bond donors (Lipinski definition) is 1. The Balaban J connectivity index is 2.09. The molecular weight excluding hydrogens is 243 g/mol. The van der Waals surface area contributed by atoms with E-state index in [1.54, 1.807) is 35.4 Å². The van der Waals surface area contributed by atoms with Crippen molar-refractivity contribution in [2.24, 2.45) is 5.73 Å². The minimum atomic E-state index is -0.233. The summed E-state index contributed by atoms with van der Waals surface area (Å²) in [6.07, 6.45) is 1.78. The molecule has 2 aromatic rings. The van der Waals surface area contributed by atoms with Gasteiger partial charge >= 0.3 is 0 Å². The zero-order valence-corrected chi connectivity index (χ0v) is 10.2. The Hall–Kier alpha value is -0.910. The molecule has 0 atom stereocenters. The molecule has 1 aromatic carbocycles. The van der Waals surface area contributed by atoms with Crippen LogP contribution in [0.3, 0.4) is 0 Å². The molecule has 0 radical (unpaired) electrons. The summed E-state index contributed by atoms with van der Waals surface area (Å²) in [5, 5.41) is 1.94. The quantitative estimate of drug-likeness (QED) is 0.852. The van der Waals surface area contributed by atoms with Gasteiger partial charge in [-0.1, -0.05) is 17.8 Å². The molecule has 5 heteroatoms. The highest BCUT2D eigenvalue weighted by atomic mass is 32.2. The van der Waals surface area contributed by atoms with E-state index in [-0.39, 0.29) is 5.82 Å². The molecule has 0 aliphatic heterocycles. The number of benzene rings is 1. The third-order valence-corrected chi connectivity index (χ3v) is 4.16. The van der Waals surface area contributed by atoms with Gasteiger partial charge in [0.15, 0.2) is 0 Å². The average molecular weight is 254 g/mol. The van der Waals surface area contributed by atoms with Crippen LogP contribution < -0.4 is 5.73 Å².